The van der Waals surface area contributed by atoms with Crippen LogP contribution in [0.25, 0.3) is 0 Å². The summed E-state index contributed by atoms with van der Waals surface area (Å²) in [6, 6.07) is 7.85. The molecule has 0 aliphatic heterocycles. The van der Waals surface area contributed by atoms with Gasteiger partial charge in [-0.3, -0.25) is 0 Å². The molecule has 0 unspecified atom stereocenters. The van der Waals surface area contributed by atoms with Gasteiger partial charge in [0.15, 0.2) is 0 Å². The van der Waals surface area contributed by atoms with E-state index in [0.29, 0.717) is 11.5 Å². The number of hydrogen-bond donors (Lipinski definition) is 1. The van der Waals surface area contributed by atoms with Crippen LogP contribution in [-0.4, -0.2) is 23.7 Å². The molecule has 0 aliphatic rings. The number of methoxy groups -OCH3 is 1. The van der Waals surface area contributed by atoms with Crippen LogP contribution < -0.4 is 15.4 Å². The van der Waals surface area contributed by atoms with E-state index in [1.54, 1.807) is 7.11 Å². The molecule has 2 aromatic rings. The largest absolute Gasteiger partial charge is 0.497 e. The molecule has 2 rings (SSSR count). The lowest BCUT2D eigenvalue weighted by Gasteiger charge is -2.18. The summed E-state index contributed by atoms with van der Waals surface area (Å²) in [5.41, 5.74) is 7.62. The fourth-order valence-electron chi connectivity index (χ4n) is 1.49. The summed E-state index contributed by atoms with van der Waals surface area (Å²) in [5.74, 6) is 0.832. The van der Waals surface area contributed by atoms with Crippen molar-refractivity contribution < 1.29 is 4.74 Å². The Bertz CT molecular complexity index is 500. The SMILES string of the molecule is COc1cccc(N(C)Cc2nnsc2N)c1. The van der Waals surface area contributed by atoms with Crippen molar-refractivity contribution in [1.82, 2.24) is 9.59 Å². The Kier molecular flexibility index (Phi) is 3.43. The number of nitrogens with zero attached hydrogens (tertiary/aromatic N) is 3. The van der Waals surface area contributed by atoms with Crippen LogP contribution in [-0.2, 0) is 6.54 Å². The number of anilines is 2. The Balaban J connectivity index is 2.14. The first kappa shape index (κ1) is 11.7. The normalized spacial score (nSPS) is 10.2. The third kappa shape index (κ3) is 2.65. The quantitative estimate of drug-likeness (QED) is 0.895. The van der Waals surface area contributed by atoms with Crippen LogP contribution >= 0.6 is 11.5 Å². The van der Waals surface area contributed by atoms with E-state index in [9.17, 15) is 0 Å². The molecule has 0 saturated heterocycles. The van der Waals surface area contributed by atoms with Gasteiger partial charge < -0.3 is 15.4 Å². The van der Waals surface area contributed by atoms with Crippen molar-refractivity contribution in [3.05, 3.63) is 30.0 Å². The van der Waals surface area contributed by atoms with Gasteiger partial charge in [-0.15, -0.1) is 5.10 Å². The predicted molar refractivity (Wildman–Crippen MR) is 69.4 cm³/mol. The second-order valence-electron chi connectivity index (χ2n) is 3.64. The predicted octanol–water partition coefficient (Wildman–Crippen LogP) is 1.77. The molecular weight excluding hydrogens is 236 g/mol. The van der Waals surface area contributed by atoms with Crippen LogP contribution in [0.3, 0.4) is 0 Å². The topological polar surface area (TPSA) is 64.3 Å². The number of ether oxygens (including phenoxy) is 1. The van der Waals surface area contributed by atoms with E-state index < -0.39 is 0 Å². The Morgan fingerprint density at radius 3 is 2.94 bits per heavy atom. The van der Waals surface area contributed by atoms with Crippen molar-refractivity contribution in [3.63, 3.8) is 0 Å². The van der Waals surface area contributed by atoms with E-state index in [1.165, 1.54) is 11.5 Å². The van der Waals surface area contributed by atoms with E-state index in [4.69, 9.17) is 10.5 Å². The molecule has 17 heavy (non-hydrogen) atoms. The van der Waals surface area contributed by atoms with Crippen molar-refractivity contribution in [3.8, 4) is 5.75 Å². The molecule has 1 heterocycles. The molecule has 90 valence electrons. The zero-order valence-electron chi connectivity index (χ0n) is 9.75. The highest BCUT2D eigenvalue weighted by Gasteiger charge is 2.09. The Morgan fingerprint density at radius 2 is 2.29 bits per heavy atom. The smallest absolute Gasteiger partial charge is 0.132 e. The molecule has 0 atom stereocenters. The molecule has 6 heteroatoms. The summed E-state index contributed by atoms with van der Waals surface area (Å²) in [6.07, 6.45) is 0. The van der Waals surface area contributed by atoms with E-state index in [1.807, 2.05) is 31.3 Å². The van der Waals surface area contributed by atoms with Gasteiger partial charge in [0.05, 0.1) is 13.7 Å². The maximum Gasteiger partial charge on any atom is 0.132 e. The van der Waals surface area contributed by atoms with Crippen molar-refractivity contribution >= 4 is 22.2 Å². The summed E-state index contributed by atoms with van der Waals surface area (Å²) < 4.78 is 9.00. The molecule has 0 aliphatic carbocycles. The van der Waals surface area contributed by atoms with Gasteiger partial charge in [0.2, 0.25) is 0 Å². The van der Waals surface area contributed by atoms with Crippen molar-refractivity contribution in [2.24, 2.45) is 0 Å². The second kappa shape index (κ2) is 5.01. The van der Waals surface area contributed by atoms with Crippen LogP contribution in [0, 0.1) is 0 Å². The zero-order valence-corrected chi connectivity index (χ0v) is 10.6. The van der Waals surface area contributed by atoms with Crippen molar-refractivity contribution in [2.75, 3.05) is 24.8 Å². The fourth-order valence-corrected chi connectivity index (χ4v) is 1.93. The average Bonchev–Trinajstić information content (AvgIpc) is 2.75. The van der Waals surface area contributed by atoms with Gasteiger partial charge >= 0.3 is 0 Å². The highest BCUT2D eigenvalue weighted by molar-refractivity contribution is 7.09. The van der Waals surface area contributed by atoms with Gasteiger partial charge in [-0.2, -0.15) is 0 Å². The summed E-state index contributed by atoms with van der Waals surface area (Å²) in [7, 11) is 3.63. The molecule has 0 radical (unpaired) electrons. The lowest BCUT2D eigenvalue weighted by molar-refractivity contribution is 0.415. The first-order valence-electron chi connectivity index (χ1n) is 5.12. The first-order chi connectivity index (χ1) is 8.20. The van der Waals surface area contributed by atoms with E-state index >= 15 is 0 Å². The number of nitrogen functional groups attached to an aromatic ring is 1. The molecule has 0 saturated carbocycles. The summed E-state index contributed by atoms with van der Waals surface area (Å²) >= 11 is 1.21. The molecule has 0 fully saturated rings. The van der Waals surface area contributed by atoms with Crippen LogP contribution in [0.5, 0.6) is 5.75 Å². The van der Waals surface area contributed by atoms with Crippen LogP contribution in [0.1, 0.15) is 5.69 Å². The van der Waals surface area contributed by atoms with Crippen LogP contribution in [0.15, 0.2) is 24.3 Å². The third-order valence-corrected chi connectivity index (χ3v) is 3.06. The van der Waals surface area contributed by atoms with Crippen molar-refractivity contribution in [1.29, 1.82) is 0 Å². The summed E-state index contributed by atoms with van der Waals surface area (Å²) in [4.78, 5) is 2.05. The van der Waals surface area contributed by atoms with Crippen molar-refractivity contribution in [2.45, 2.75) is 6.54 Å². The minimum absolute atomic E-state index is 0.634. The molecule has 0 bridgehead atoms. The summed E-state index contributed by atoms with van der Waals surface area (Å²) in [6.45, 7) is 0.634. The lowest BCUT2D eigenvalue weighted by atomic mass is 10.2. The number of aromatic nitrogens is 2. The minimum Gasteiger partial charge on any atom is -0.497 e. The lowest BCUT2D eigenvalue weighted by Crippen LogP contribution is -2.17. The van der Waals surface area contributed by atoms with Gasteiger partial charge in [0.1, 0.15) is 16.4 Å². The number of rotatable bonds is 4. The zero-order chi connectivity index (χ0) is 12.3. The molecule has 1 aromatic heterocycles. The fraction of sp³-hybridized carbons (Fsp3) is 0.273. The number of nitrogens with two attached hydrogens (primary N) is 1. The summed E-state index contributed by atoms with van der Waals surface area (Å²) in [5, 5.41) is 4.66. The highest BCUT2D eigenvalue weighted by atomic mass is 32.1. The second-order valence-corrected chi connectivity index (χ2v) is 4.43. The van der Waals surface area contributed by atoms with Gasteiger partial charge in [0.25, 0.3) is 0 Å². The number of benzene rings is 1. The minimum atomic E-state index is 0.634. The monoisotopic (exact) mass is 250 g/mol. The highest BCUT2D eigenvalue weighted by Crippen LogP contribution is 2.22. The van der Waals surface area contributed by atoms with Gasteiger partial charge in [-0.1, -0.05) is 10.6 Å². The third-order valence-electron chi connectivity index (χ3n) is 2.47. The molecule has 1 aromatic carbocycles. The Morgan fingerprint density at radius 1 is 1.47 bits per heavy atom. The van der Waals surface area contributed by atoms with Crippen LogP contribution in [0.4, 0.5) is 10.7 Å². The average molecular weight is 250 g/mol. The van der Waals surface area contributed by atoms with E-state index in [-0.39, 0.29) is 0 Å². The maximum atomic E-state index is 5.77. The van der Waals surface area contributed by atoms with E-state index in [2.05, 4.69) is 14.5 Å². The van der Waals surface area contributed by atoms with Gasteiger partial charge in [0, 0.05) is 30.3 Å². The molecular formula is C11H14N4OS. The van der Waals surface area contributed by atoms with Crippen LogP contribution in [0.2, 0.25) is 0 Å². The first-order valence-corrected chi connectivity index (χ1v) is 5.90. The molecule has 0 spiro atoms. The molecule has 0 amide bonds. The Hall–Kier alpha value is -1.82. The Labute approximate surface area is 104 Å². The maximum absolute atomic E-state index is 5.77. The number of hydrogen-bond acceptors (Lipinski definition) is 6. The molecule has 2 N–H and O–H groups in total. The molecule has 5 nitrogen and oxygen atoms in total. The standard InChI is InChI=1S/C11H14N4OS/c1-15(7-10-11(12)17-14-13-10)8-4-3-5-9(6-8)16-2/h3-6H,7,12H2,1-2H3. The van der Waals surface area contributed by atoms with E-state index in [0.717, 1.165) is 17.1 Å². The van der Waals surface area contributed by atoms with Gasteiger partial charge in [-0.25, -0.2) is 0 Å². The van der Waals surface area contributed by atoms with Gasteiger partial charge in [-0.05, 0) is 12.1 Å².